The van der Waals surface area contributed by atoms with Crippen molar-refractivity contribution in [2.24, 2.45) is 29.1 Å². The Balaban J connectivity index is 1.68. The molecule has 180 valence electrons. The molecule has 32 heavy (non-hydrogen) atoms. The maximum absolute atomic E-state index is 12.9. The van der Waals surface area contributed by atoms with E-state index in [0.29, 0.717) is 32.6 Å². The number of rotatable bonds is 4. The lowest BCUT2D eigenvalue weighted by Gasteiger charge is -2.43. The summed E-state index contributed by atoms with van der Waals surface area (Å²) in [6.45, 7) is 9.86. The molecule has 0 amide bonds. The molecule has 4 rings (SSSR count). The van der Waals surface area contributed by atoms with Crippen molar-refractivity contribution in [2.75, 3.05) is 32.8 Å². The van der Waals surface area contributed by atoms with Crippen molar-refractivity contribution in [1.29, 1.82) is 0 Å². The third-order valence-corrected chi connectivity index (χ3v) is 8.13. The molecule has 4 fully saturated rings. The molecule has 0 unspecified atom stereocenters. The van der Waals surface area contributed by atoms with Crippen LogP contribution in [-0.2, 0) is 33.3 Å². The van der Waals surface area contributed by atoms with Crippen molar-refractivity contribution in [1.82, 2.24) is 4.90 Å². The fourth-order valence-electron chi connectivity index (χ4n) is 6.85. The van der Waals surface area contributed by atoms with Crippen molar-refractivity contribution < 1.29 is 38.4 Å². The maximum Gasteiger partial charge on any atom is 0.311 e. The van der Waals surface area contributed by atoms with E-state index in [-0.39, 0.29) is 17.8 Å². The van der Waals surface area contributed by atoms with Gasteiger partial charge in [0, 0.05) is 57.2 Å². The predicted octanol–water partition coefficient (Wildman–Crippen LogP) is 0.767. The van der Waals surface area contributed by atoms with E-state index in [9.17, 15) is 19.5 Å². The topological polar surface area (TPSA) is 112 Å². The van der Waals surface area contributed by atoms with E-state index in [1.54, 1.807) is 0 Å². The van der Waals surface area contributed by atoms with Gasteiger partial charge in [0.05, 0.1) is 25.2 Å². The highest BCUT2D eigenvalue weighted by Crippen LogP contribution is 2.58. The molecule has 9 atom stereocenters. The Morgan fingerprint density at radius 3 is 2.44 bits per heavy atom. The number of morpholine rings is 1. The standard InChI is InChI=1S/C23H35NO8/c1-12-9-16-19(15(22(28)32-16)11-24-5-7-29-8-6-24)21(27)23(4)18(31-14(3)26)10-17(20(12)23)30-13(2)25/h12,15-21,27H,5-11H2,1-4H3/t12-,15+,16+,17+,18+,19-,20+,21+,23-/m1/s1. The van der Waals surface area contributed by atoms with Crippen LogP contribution in [0.3, 0.4) is 0 Å². The summed E-state index contributed by atoms with van der Waals surface area (Å²) >= 11 is 0. The van der Waals surface area contributed by atoms with Gasteiger partial charge in [0.15, 0.2) is 0 Å². The molecule has 9 heteroatoms. The number of fused-ring (bicyclic) bond motifs is 2. The first-order valence-corrected chi connectivity index (χ1v) is 11.7. The lowest BCUT2D eigenvalue weighted by molar-refractivity contribution is -0.165. The lowest BCUT2D eigenvalue weighted by atomic mass is 9.66. The molecule has 0 aromatic rings. The first-order valence-electron chi connectivity index (χ1n) is 11.7. The molecule has 1 N–H and O–H groups in total. The third-order valence-electron chi connectivity index (χ3n) is 8.13. The highest BCUT2D eigenvalue weighted by Gasteiger charge is 2.67. The third kappa shape index (κ3) is 4.03. The molecule has 0 bridgehead atoms. The predicted molar refractivity (Wildman–Crippen MR) is 111 cm³/mol. The number of nitrogens with zero attached hydrogens (tertiary/aromatic N) is 1. The molecule has 2 aliphatic heterocycles. The van der Waals surface area contributed by atoms with Gasteiger partial charge in [-0.2, -0.15) is 0 Å². The number of hydrogen-bond acceptors (Lipinski definition) is 9. The first kappa shape index (κ1) is 23.4. The molecule has 0 spiro atoms. The number of hydrogen-bond donors (Lipinski definition) is 1. The first-order chi connectivity index (χ1) is 15.1. The number of carbonyl (C=O) groups excluding carboxylic acids is 3. The summed E-state index contributed by atoms with van der Waals surface area (Å²) in [5.41, 5.74) is -0.873. The van der Waals surface area contributed by atoms with E-state index in [1.807, 2.05) is 13.8 Å². The smallest absolute Gasteiger partial charge is 0.311 e. The van der Waals surface area contributed by atoms with E-state index in [0.717, 1.165) is 13.1 Å². The van der Waals surface area contributed by atoms with Gasteiger partial charge >= 0.3 is 17.9 Å². The molecule has 0 radical (unpaired) electrons. The fourth-order valence-corrected chi connectivity index (χ4v) is 6.85. The maximum atomic E-state index is 12.9. The Kier molecular flexibility index (Phi) is 6.53. The van der Waals surface area contributed by atoms with Crippen molar-refractivity contribution in [3.63, 3.8) is 0 Å². The molecule has 2 saturated carbocycles. The molecular weight excluding hydrogens is 418 g/mol. The summed E-state index contributed by atoms with van der Waals surface area (Å²) in [5, 5.41) is 11.9. The fraction of sp³-hybridized carbons (Fsp3) is 0.870. The van der Waals surface area contributed by atoms with Crippen molar-refractivity contribution in [2.45, 2.75) is 65.0 Å². The van der Waals surface area contributed by atoms with Crippen LogP contribution in [0.2, 0.25) is 0 Å². The summed E-state index contributed by atoms with van der Waals surface area (Å²) in [5.74, 6) is -2.24. The largest absolute Gasteiger partial charge is 0.462 e. The van der Waals surface area contributed by atoms with Gasteiger partial charge < -0.3 is 24.1 Å². The van der Waals surface area contributed by atoms with Crippen LogP contribution < -0.4 is 0 Å². The van der Waals surface area contributed by atoms with E-state index in [2.05, 4.69) is 4.90 Å². The van der Waals surface area contributed by atoms with Crippen LogP contribution >= 0.6 is 0 Å². The second kappa shape index (κ2) is 8.91. The van der Waals surface area contributed by atoms with Gasteiger partial charge in [-0.25, -0.2) is 0 Å². The van der Waals surface area contributed by atoms with E-state index in [4.69, 9.17) is 18.9 Å². The van der Waals surface area contributed by atoms with E-state index < -0.39 is 53.6 Å². The molecule has 2 heterocycles. The molecule has 0 aromatic carbocycles. The van der Waals surface area contributed by atoms with Crippen LogP contribution in [0.5, 0.6) is 0 Å². The molecule has 9 nitrogen and oxygen atoms in total. The average molecular weight is 454 g/mol. The second-order valence-corrected chi connectivity index (χ2v) is 10.1. The second-order valence-electron chi connectivity index (χ2n) is 10.1. The Morgan fingerprint density at radius 1 is 1.16 bits per heavy atom. The van der Waals surface area contributed by atoms with Gasteiger partial charge in [0.25, 0.3) is 0 Å². The minimum absolute atomic E-state index is 0.00973. The van der Waals surface area contributed by atoms with Gasteiger partial charge in [0.1, 0.15) is 18.3 Å². The summed E-state index contributed by atoms with van der Waals surface area (Å²) < 4.78 is 22.6. The van der Waals surface area contributed by atoms with E-state index >= 15 is 0 Å². The number of aliphatic hydroxyl groups excluding tert-OH is 1. The zero-order valence-corrected chi connectivity index (χ0v) is 19.3. The molecule has 2 saturated heterocycles. The normalized spacial score (nSPS) is 44.2. The zero-order valence-electron chi connectivity index (χ0n) is 19.3. The summed E-state index contributed by atoms with van der Waals surface area (Å²) in [6, 6.07) is 0. The van der Waals surface area contributed by atoms with Gasteiger partial charge in [-0.05, 0) is 12.3 Å². The Morgan fingerprint density at radius 2 is 1.81 bits per heavy atom. The van der Waals surface area contributed by atoms with Crippen LogP contribution in [0.1, 0.15) is 40.5 Å². The lowest BCUT2D eigenvalue weighted by Crippen LogP contribution is -2.53. The van der Waals surface area contributed by atoms with Crippen LogP contribution in [0.15, 0.2) is 0 Å². The average Bonchev–Trinajstić information content (AvgIpc) is 3.12. The Bertz CT molecular complexity index is 752. The van der Waals surface area contributed by atoms with Crippen molar-refractivity contribution in [3.05, 3.63) is 0 Å². The van der Waals surface area contributed by atoms with Crippen molar-refractivity contribution in [3.8, 4) is 0 Å². The Hall–Kier alpha value is -1.71. The monoisotopic (exact) mass is 453 g/mol. The van der Waals surface area contributed by atoms with Gasteiger partial charge in [-0.3, -0.25) is 19.3 Å². The van der Waals surface area contributed by atoms with Crippen LogP contribution in [-0.4, -0.2) is 85.2 Å². The number of esters is 3. The van der Waals surface area contributed by atoms with E-state index in [1.165, 1.54) is 13.8 Å². The quantitative estimate of drug-likeness (QED) is 0.487. The molecular formula is C23H35NO8. The molecule has 2 aliphatic carbocycles. The highest BCUT2D eigenvalue weighted by molar-refractivity contribution is 5.76. The Labute approximate surface area is 188 Å². The summed E-state index contributed by atoms with van der Waals surface area (Å²) in [4.78, 5) is 38.8. The minimum atomic E-state index is -0.954. The van der Waals surface area contributed by atoms with Gasteiger partial charge in [-0.15, -0.1) is 0 Å². The highest BCUT2D eigenvalue weighted by atomic mass is 16.6. The SMILES string of the molecule is CC(=O)O[C@H]1C[C@H](OC(C)=O)[C@]2(C)[C@H]1[C@H](C)C[C@@H]1OC(=O)[C@@H](CN3CCOCC3)[C@H]1[C@@H]2O. The number of aliphatic hydroxyl groups is 1. The number of carbonyl (C=O) groups is 3. The van der Waals surface area contributed by atoms with Gasteiger partial charge in [-0.1, -0.05) is 13.8 Å². The molecule has 0 aromatic heterocycles. The zero-order chi connectivity index (χ0) is 23.2. The van der Waals surface area contributed by atoms with Crippen LogP contribution in [0, 0.1) is 29.1 Å². The molecule has 4 aliphatic rings. The summed E-state index contributed by atoms with van der Waals surface area (Å²) in [7, 11) is 0. The van der Waals surface area contributed by atoms with Crippen LogP contribution in [0.4, 0.5) is 0 Å². The van der Waals surface area contributed by atoms with Crippen molar-refractivity contribution >= 4 is 17.9 Å². The van der Waals surface area contributed by atoms with Gasteiger partial charge in [0.2, 0.25) is 0 Å². The number of ether oxygens (including phenoxy) is 4. The minimum Gasteiger partial charge on any atom is -0.462 e. The summed E-state index contributed by atoms with van der Waals surface area (Å²) in [6.07, 6.45) is -1.56. The van der Waals surface area contributed by atoms with Crippen LogP contribution in [0.25, 0.3) is 0 Å².